The van der Waals surface area contributed by atoms with Crippen molar-refractivity contribution in [3.8, 4) is 0 Å². The first-order valence-electron chi connectivity index (χ1n) is 6.20. The van der Waals surface area contributed by atoms with E-state index in [4.69, 9.17) is 4.74 Å². The van der Waals surface area contributed by atoms with Crippen LogP contribution in [-0.2, 0) is 4.74 Å². The van der Waals surface area contributed by atoms with E-state index in [0.29, 0.717) is 12.2 Å². The van der Waals surface area contributed by atoms with Crippen LogP contribution in [0.3, 0.4) is 0 Å². The fraction of sp³-hybridized carbons (Fsp3) is 0.714. The first-order chi connectivity index (χ1) is 7.33. The van der Waals surface area contributed by atoms with Crippen molar-refractivity contribution >= 4 is 0 Å². The second-order valence-corrected chi connectivity index (χ2v) is 5.02. The Morgan fingerprint density at radius 2 is 1.87 bits per heavy atom. The summed E-state index contributed by atoms with van der Waals surface area (Å²) in [6.07, 6.45) is 12.2. The first kappa shape index (κ1) is 10.9. The molecule has 2 aliphatic carbocycles. The second-order valence-electron chi connectivity index (χ2n) is 5.02. The van der Waals surface area contributed by atoms with Gasteiger partial charge < -0.3 is 4.74 Å². The summed E-state index contributed by atoms with van der Waals surface area (Å²) in [6, 6.07) is 0. The number of fused-ring (bicyclic) bond motifs is 2. The molecule has 0 amide bonds. The summed E-state index contributed by atoms with van der Waals surface area (Å²) < 4.78 is 6.18. The molecule has 0 aromatic rings. The molecular formula is C14H22O. The summed E-state index contributed by atoms with van der Waals surface area (Å²) in [5.41, 5.74) is 0. The molecule has 1 nitrogen and oxygen atoms in total. The maximum absolute atomic E-state index is 6.18. The van der Waals surface area contributed by atoms with Gasteiger partial charge in [-0.1, -0.05) is 12.2 Å². The zero-order chi connectivity index (χ0) is 10.7. The topological polar surface area (TPSA) is 9.23 Å². The largest absolute Gasteiger partial charge is 0.374 e. The first-order valence-corrected chi connectivity index (χ1v) is 6.20. The van der Waals surface area contributed by atoms with Gasteiger partial charge in [0.05, 0.1) is 12.2 Å². The predicted octanol–water partition coefficient (Wildman–Crippen LogP) is 3.71. The molecule has 0 N–H and O–H groups in total. The highest BCUT2D eigenvalue weighted by Crippen LogP contribution is 2.46. The summed E-state index contributed by atoms with van der Waals surface area (Å²) in [5, 5.41) is 0. The molecule has 3 atom stereocenters. The van der Waals surface area contributed by atoms with Gasteiger partial charge in [0.25, 0.3) is 0 Å². The van der Waals surface area contributed by atoms with Gasteiger partial charge in [-0.3, -0.25) is 0 Å². The number of hydrogen-bond acceptors (Lipinski definition) is 1. The van der Waals surface area contributed by atoms with E-state index < -0.39 is 0 Å². The quantitative estimate of drug-likeness (QED) is 0.602. The van der Waals surface area contributed by atoms with Gasteiger partial charge in [0, 0.05) is 0 Å². The Labute approximate surface area is 93.2 Å². The molecule has 15 heavy (non-hydrogen) atoms. The molecule has 0 spiro atoms. The number of rotatable bonds is 6. The third kappa shape index (κ3) is 2.52. The van der Waals surface area contributed by atoms with Crippen molar-refractivity contribution in [2.45, 2.75) is 50.7 Å². The summed E-state index contributed by atoms with van der Waals surface area (Å²) in [4.78, 5) is 0. The molecule has 2 saturated carbocycles. The molecule has 2 bridgehead atoms. The maximum Gasteiger partial charge on any atom is 0.0647 e. The minimum Gasteiger partial charge on any atom is -0.374 e. The molecule has 0 saturated heterocycles. The van der Waals surface area contributed by atoms with E-state index in [0.717, 1.165) is 24.7 Å². The lowest BCUT2D eigenvalue weighted by Crippen LogP contribution is -2.26. The summed E-state index contributed by atoms with van der Waals surface area (Å²) in [7, 11) is 0. The molecule has 3 unspecified atom stereocenters. The normalized spacial score (nSPS) is 33.5. The fourth-order valence-electron chi connectivity index (χ4n) is 3.18. The summed E-state index contributed by atoms with van der Waals surface area (Å²) in [5.74, 6) is 1.82. The lowest BCUT2D eigenvalue weighted by Gasteiger charge is -2.26. The molecule has 0 aromatic heterocycles. The lowest BCUT2D eigenvalue weighted by molar-refractivity contribution is -0.0361. The van der Waals surface area contributed by atoms with Gasteiger partial charge in [-0.25, -0.2) is 0 Å². The Kier molecular flexibility index (Phi) is 3.63. The van der Waals surface area contributed by atoms with Crippen molar-refractivity contribution < 1.29 is 4.74 Å². The van der Waals surface area contributed by atoms with Gasteiger partial charge in [-0.2, -0.15) is 0 Å². The van der Waals surface area contributed by atoms with E-state index in [1.165, 1.54) is 25.7 Å². The van der Waals surface area contributed by atoms with Gasteiger partial charge in [0.15, 0.2) is 0 Å². The Hall–Kier alpha value is -0.560. The van der Waals surface area contributed by atoms with E-state index in [9.17, 15) is 0 Å². The molecule has 0 aliphatic heterocycles. The van der Waals surface area contributed by atoms with Crippen molar-refractivity contribution in [3.05, 3.63) is 25.3 Å². The minimum absolute atomic E-state index is 0.323. The van der Waals surface area contributed by atoms with Crippen LogP contribution in [0.4, 0.5) is 0 Å². The summed E-state index contributed by atoms with van der Waals surface area (Å²) >= 11 is 0. The van der Waals surface area contributed by atoms with Crippen molar-refractivity contribution in [2.24, 2.45) is 11.8 Å². The zero-order valence-electron chi connectivity index (χ0n) is 9.53. The fourth-order valence-corrected chi connectivity index (χ4v) is 3.18. The number of hydrogen-bond donors (Lipinski definition) is 0. The second kappa shape index (κ2) is 4.98. The highest BCUT2D eigenvalue weighted by Gasteiger charge is 2.40. The Bertz CT molecular complexity index is 223. The molecule has 84 valence electrons. The minimum atomic E-state index is 0.323. The molecule has 2 fully saturated rings. The molecular weight excluding hydrogens is 184 g/mol. The third-order valence-corrected chi connectivity index (χ3v) is 3.90. The van der Waals surface area contributed by atoms with Crippen LogP contribution in [0, 0.1) is 11.8 Å². The van der Waals surface area contributed by atoms with Crippen LogP contribution in [-0.4, -0.2) is 12.2 Å². The van der Waals surface area contributed by atoms with Crippen LogP contribution in [0.2, 0.25) is 0 Å². The predicted molar refractivity (Wildman–Crippen MR) is 63.7 cm³/mol. The zero-order valence-corrected chi connectivity index (χ0v) is 9.53. The highest BCUT2D eigenvalue weighted by atomic mass is 16.5. The average molecular weight is 206 g/mol. The Balaban J connectivity index is 1.83. The number of ether oxygens (including phenoxy) is 1. The van der Waals surface area contributed by atoms with Crippen LogP contribution >= 0.6 is 0 Å². The van der Waals surface area contributed by atoms with Crippen molar-refractivity contribution in [2.75, 3.05) is 0 Å². The van der Waals surface area contributed by atoms with Crippen LogP contribution in [0.1, 0.15) is 38.5 Å². The van der Waals surface area contributed by atoms with E-state index in [1.807, 2.05) is 12.2 Å². The third-order valence-electron chi connectivity index (χ3n) is 3.90. The van der Waals surface area contributed by atoms with Crippen LogP contribution < -0.4 is 0 Å². The molecule has 1 heteroatoms. The van der Waals surface area contributed by atoms with Crippen LogP contribution in [0.5, 0.6) is 0 Å². The molecule has 0 aromatic carbocycles. The van der Waals surface area contributed by atoms with Gasteiger partial charge >= 0.3 is 0 Å². The van der Waals surface area contributed by atoms with Crippen molar-refractivity contribution in [3.63, 3.8) is 0 Å². The van der Waals surface area contributed by atoms with E-state index in [2.05, 4.69) is 13.2 Å². The molecule has 0 radical (unpaired) electrons. The van der Waals surface area contributed by atoms with Crippen LogP contribution in [0.25, 0.3) is 0 Å². The molecule has 2 rings (SSSR count). The molecule has 0 heterocycles. The standard InChI is InChI=1S/C14H22O/c1-3-5-13(6-4-2)15-14-10-11-7-8-12(14)9-11/h3-4,11-14H,1-2,5-10H2. The highest BCUT2D eigenvalue weighted by molar-refractivity contribution is 4.92. The van der Waals surface area contributed by atoms with Gasteiger partial charge in [0.1, 0.15) is 0 Å². The monoisotopic (exact) mass is 206 g/mol. The van der Waals surface area contributed by atoms with Gasteiger partial charge in [0.2, 0.25) is 0 Å². The molecule has 2 aliphatic rings. The van der Waals surface area contributed by atoms with Crippen molar-refractivity contribution in [1.29, 1.82) is 0 Å². The van der Waals surface area contributed by atoms with Gasteiger partial charge in [-0.05, 0) is 50.4 Å². The Morgan fingerprint density at radius 1 is 1.13 bits per heavy atom. The van der Waals surface area contributed by atoms with Crippen molar-refractivity contribution in [1.82, 2.24) is 0 Å². The van der Waals surface area contributed by atoms with E-state index in [-0.39, 0.29) is 0 Å². The average Bonchev–Trinajstić information content (AvgIpc) is 2.80. The van der Waals surface area contributed by atoms with Crippen LogP contribution in [0.15, 0.2) is 25.3 Å². The van der Waals surface area contributed by atoms with Gasteiger partial charge in [-0.15, -0.1) is 13.2 Å². The van der Waals surface area contributed by atoms with E-state index >= 15 is 0 Å². The Morgan fingerprint density at radius 3 is 2.33 bits per heavy atom. The maximum atomic E-state index is 6.18. The smallest absolute Gasteiger partial charge is 0.0647 e. The van der Waals surface area contributed by atoms with E-state index in [1.54, 1.807) is 0 Å². The SMILES string of the molecule is C=CCC(CC=C)OC1CC2CCC1C2. The lowest BCUT2D eigenvalue weighted by atomic mass is 9.97. The summed E-state index contributed by atoms with van der Waals surface area (Å²) in [6.45, 7) is 7.58.